The number of hydrogen-bond donors (Lipinski definition) is 1. The lowest BCUT2D eigenvalue weighted by atomic mass is 9.91. The molecular formula is C17H22N2O2. The van der Waals surface area contributed by atoms with Crippen molar-refractivity contribution in [2.75, 3.05) is 6.54 Å². The number of carbonyl (C=O) groups is 2. The van der Waals surface area contributed by atoms with Crippen molar-refractivity contribution in [1.82, 2.24) is 10.2 Å². The van der Waals surface area contributed by atoms with Gasteiger partial charge in [-0.1, -0.05) is 37.1 Å². The van der Waals surface area contributed by atoms with Crippen LogP contribution < -0.4 is 5.32 Å². The zero-order valence-corrected chi connectivity index (χ0v) is 12.5. The molecule has 1 aliphatic heterocycles. The molecule has 1 saturated carbocycles. The first-order valence-corrected chi connectivity index (χ1v) is 7.82. The van der Waals surface area contributed by atoms with E-state index in [1.54, 1.807) is 11.8 Å². The van der Waals surface area contributed by atoms with Gasteiger partial charge in [-0.15, -0.1) is 0 Å². The summed E-state index contributed by atoms with van der Waals surface area (Å²) in [5.74, 6) is -0.0553. The molecule has 112 valence electrons. The number of amides is 2. The Kier molecular flexibility index (Phi) is 3.95. The largest absolute Gasteiger partial charge is 0.351 e. The molecule has 0 saturated heterocycles. The van der Waals surface area contributed by atoms with Crippen molar-refractivity contribution >= 4 is 11.8 Å². The zero-order chi connectivity index (χ0) is 14.8. The van der Waals surface area contributed by atoms with E-state index in [2.05, 4.69) is 11.4 Å². The van der Waals surface area contributed by atoms with Crippen LogP contribution in [0.3, 0.4) is 0 Å². The summed E-state index contributed by atoms with van der Waals surface area (Å²) < 4.78 is 0. The van der Waals surface area contributed by atoms with Gasteiger partial charge in [0.25, 0.3) is 0 Å². The number of hydrogen-bond acceptors (Lipinski definition) is 2. The Balaban J connectivity index is 1.87. The van der Waals surface area contributed by atoms with Gasteiger partial charge in [-0.05, 0) is 30.4 Å². The monoisotopic (exact) mass is 286 g/mol. The second-order valence-corrected chi connectivity index (χ2v) is 6.05. The van der Waals surface area contributed by atoms with Crippen LogP contribution in [0.5, 0.6) is 0 Å². The van der Waals surface area contributed by atoms with E-state index in [9.17, 15) is 9.59 Å². The van der Waals surface area contributed by atoms with E-state index in [0.29, 0.717) is 6.54 Å². The maximum absolute atomic E-state index is 12.7. The lowest BCUT2D eigenvalue weighted by Gasteiger charge is -2.36. The summed E-state index contributed by atoms with van der Waals surface area (Å²) in [7, 11) is 0. The minimum atomic E-state index is -0.465. The number of carbonyl (C=O) groups excluding carboxylic acids is 2. The minimum Gasteiger partial charge on any atom is -0.351 e. The highest BCUT2D eigenvalue weighted by atomic mass is 16.2. The molecule has 1 aromatic rings. The Morgan fingerprint density at radius 3 is 2.62 bits per heavy atom. The number of rotatable bonds is 2. The standard InChI is InChI=1S/C17H22N2O2/c1-12(20)19-11-10-13-6-2-5-9-15(13)16(19)17(21)18-14-7-3-4-8-14/h2,5-6,9,14,16H,3-4,7-8,10-11H2,1H3,(H,18,21)/t16-/m1/s1. The number of nitrogens with zero attached hydrogens (tertiary/aromatic N) is 1. The van der Waals surface area contributed by atoms with Crippen LogP contribution in [-0.2, 0) is 16.0 Å². The Labute approximate surface area is 125 Å². The topological polar surface area (TPSA) is 49.4 Å². The van der Waals surface area contributed by atoms with Crippen LogP contribution in [0, 0.1) is 0 Å². The van der Waals surface area contributed by atoms with Crippen LogP contribution in [0.4, 0.5) is 0 Å². The number of benzene rings is 1. The summed E-state index contributed by atoms with van der Waals surface area (Å²) in [5.41, 5.74) is 2.16. The molecule has 1 fully saturated rings. The van der Waals surface area contributed by atoms with Crippen LogP contribution >= 0.6 is 0 Å². The first-order valence-electron chi connectivity index (χ1n) is 7.82. The quantitative estimate of drug-likeness (QED) is 0.906. The third-order valence-electron chi connectivity index (χ3n) is 4.64. The maximum Gasteiger partial charge on any atom is 0.247 e. The summed E-state index contributed by atoms with van der Waals surface area (Å²) in [4.78, 5) is 26.3. The first kappa shape index (κ1) is 14.1. The highest BCUT2D eigenvalue weighted by Crippen LogP contribution is 2.30. The van der Waals surface area contributed by atoms with Gasteiger partial charge in [-0.2, -0.15) is 0 Å². The molecule has 0 unspecified atom stereocenters. The third-order valence-corrected chi connectivity index (χ3v) is 4.64. The van der Waals surface area contributed by atoms with Gasteiger partial charge in [0, 0.05) is 19.5 Å². The van der Waals surface area contributed by atoms with Crippen LogP contribution in [-0.4, -0.2) is 29.3 Å². The predicted molar refractivity (Wildman–Crippen MR) is 80.7 cm³/mol. The summed E-state index contributed by atoms with van der Waals surface area (Å²) in [6.07, 6.45) is 5.30. The van der Waals surface area contributed by atoms with Gasteiger partial charge in [0.05, 0.1) is 0 Å². The van der Waals surface area contributed by atoms with Crippen LogP contribution in [0.15, 0.2) is 24.3 Å². The Morgan fingerprint density at radius 2 is 1.90 bits per heavy atom. The van der Waals surface area contributed by atoms with Crippen LogP contribution in [0.2, 0.25) is 0 Å². The molecule has 2 amide bonds. The number of nitrogens with one attached hydrogen (secondary N) is 1. The van der Waals surface area contributed by atoms with Gasteiger partial charge < -0.3 is 10.2 Å². The molecule has 1 N–H and O–H groups in total. The smallest absolute Gasteiger partial charge is 0.247 e. The fourth-order valence-electron chi connectivity index (χ4n) is 3.54. The first-order chi connectivity index (χ1) is 10.2. The molecule has 1 aromatic carbocycles. The van der Waals surface area contributed by atoms with E-state index in [1.807, 2.05) is 18.2 Å². The molecule has 4 heteroatoms. The van der Waals surface area contributed by atoms with Crippen molar-refractivity contribution in [3.8, 4) is 0 Å². The second-order valence-electron chi connectivity index (χ2n) is 6.05. The molecule has 1 atom stereocenters. The predicted octanol–water partition coefficient (Wildman–Crippen LogP) is 2.19. The fourth-order valence-corrected chi connectivity index (χ4v) is 3.54. The Morgan fingerprint density at radius 1 is 1.19 bits per heavy atom. The molecule has 0 radical (unpaired) electrons. The van der Waals surface area contributed by atoms with E-state index >= 15 is 0 Å². The average Bonchev–Trinajstić information content (AvgIpc) is 2.98. The van der Waals surface area contributed by atoms with Crippen molar-refractivity contribution < 1.29 is 9.59 Å². The molecule has 0 aromatic heterocycles. The van der Waals surface area contributed by atoms with Gasteiger partial charge in [0.1, 0.15) is 6.04 Å². The third kappa shape index (κ3) is 2.80. The molecule has 21 heavy (non-hydrogen) atoms. The summed E-state index contributed by atoms with van der Waals surface area (Å²) >= 11 is 0. The van der Waals surface area contributed by atoms with Crippen molar-refractivity contribution in [1.29, 1.82) is 0 Å². The normalized spacial score (nSPS) is 22.0. The van der Waals surface area contributed by atoms with E-state index in [4.69, 9.17) is 0 Å². The lowest BCUT2D eigenvalue weighted by Crippen LogP contribution is -2.48. The minimum absolute atomic E-state index is 0.0238. The van der Waals surface area contributed by atoms with Gasteiger partial charge in [-0.3, -0.25) is 9.59 Å². The highest BCUT2D eigenvalue weighted by Gasteiger charge is 2.35. The summed E-state index contributed by atoms with van der Waals surface area (Å²) in [5, 5.41) is 3.14. The Bertz CT molecular complexity index is 549. The molecule has 0 bridgehead atoms. The van der Waals surface area contributed by atoms with Crippen LogP contribution in [0.25, 0.3) is 0 Å². The average molecular weight is 286 g/mol. The van der Waals surface area contributed by atoms with Crippen LogP contribution in [0.1, 0.15) is 49.8 Å². The second kappa shape index (κ2) is 5.88. The van der Waals surface area contributed by atoms with E-state index < -0.39 is 6.04 Å². The fraction of sp³-hybridized carbons (Fsp3) is 0.529. The van der Waals surface area contributed by atoms with E-state index in [1.165, 1.54) is 18.4 Å². The molecule has 2 aliphatic rings. The van der Waals surface area contributed by atoms with Gasteiger partial charge >= 0.3 is 0 Å². The summed E-state index contributed by atoms with van der Waals surface area (Å²) in [6, 6.07) is 7.78. The van der Waals surface area contributed by atoms with Crippen molar-refractivity contribution in [3.05, 3.63) is 35.4 Å². The van der Waals surface area contributed by atoms with Gasteiger partial charge in [0.15, 0.2) is 0 Å². The van der Waals surface area contributed by atoms with E-state index in [0.717, 1.165) is 24.8 Å². The van der Waals surface area contributed by atoms with Crippen molar-refractivity contribution in [3.63, 3.8) is 0 Å². The molecule has 0 spiro atoms. The molecule has 4 nitrogen and oxygen atoms in total. The molecule has 3 rings (SSSR count). The SMILES string of the molecule is CC(=O)N1CCc2ccccc2[C@@H]1C(=O)NC1CCCC1. The highest BCUT2D eigenvalue weighted by molar-refractivity contribution is 5.89. The summed E-state index contributed by atoms with van der Waals surface area (Å²) in [6.45, 7) is 2.17. The number of fused-ring (bicyclic) bond motifs is 1. The molecule has 1 aliphatic carbocycles. The Hall–Kier alpha value is -1.84. The van der Waals surface area contributed by atoms with Gasteiger partial charge in [0.2, 0.25) is 11.8 Å². The van der Waals surface area contributed by atoms with E-state index in [-0.39, 0.29) is 17.9 Å². The van der Waals surface area contributed by atoms with Gasteiger partial charge in [-0.25, -0.2) is 0 Å². The lowest BCUT2D eigenvalue weighted by molar-refractivity contribution is -0.140. The molecular weight excluding hydrogens is 264 g/mol. The molecule has 1 heterocycles. The van der Waals surface area contributed by atoms with Crippen molar-refractivity contribution in [2.45, 2.75) is 51.1 Å². The maximum atomic E-state index is 12.7. The zero-order valence-electron chi connectivity index (χ0n) is 12.5. The van der Waals surface area contributed by atoms with Crippen molar-refractivity contribution in [2.24, 2.45) is 0 Å².